The Labute approximate surface area is 151 Å². The molecule has 0 bridgehead atoms. The number of rotatable bonds is 1. The van der Waals surface area contributed by atoms with Gasteiger partial charge >= 0.3 is 0 Å². The summed E-state index contributed by atoms with van der Waals surface area (Å²) in [7, 11) is 0. The van der Waals surface area contributed by atoms with Gasteiger partial charge in [-0.3, -0.25) is 10.1 Å². The molecule has 0 N–H and O–H groups in total. The van der Waals surface area contributed by atoms with Gasteiger partial charge in [0.05, 0.1) is 9.11 Å². The number of anilines is 1. The highest BCUT2D eigenvalue weighted by Gasteiger charge is 2.49. The average molecular weight is 416 g/mol. The molecule has 0 saturated carbocycles. The van der Waals surface area contributed by atoms with Crippen molar-refractivity contribution in [3.63, 3.8) is 0 Å². The molecular formula is C19H19IN3-. The number of halogens is 1. The largest absolute Gasteiger partial charge is 0.605 e. The van der Waals surface area contributed by atoms with Gasteiger partial charge < -0.3 is 5.43 Å². The fourth-order valence-electron chi connectivity index (χ4n) is 3.32. The van der Waals surface area contributed by atoms with Gasteiger partial charge in [-0.05, 0) is 49.7 Å². The van der Waals surface area contributed by atoms with Crippen LogP contribution in [0.3, 0.4) is 0 Å². The van der Waals surface area contributed by atoms with Gasteiger partial charge in [-0.1, -0.05) is 65.1 Å². The number of nitrogens with zero attached hydrogens (tertiary/aromatic N) is 3. The molecule has 1 atom stereocenters. The third-order valence-electron chi connectivity index (χ3n) is 5.09. The van der Waals surface area contributed by atoms with E-state index in [-0.39, 0.29) is 8.96 Å². The number of hydrazine groups is 1. The summed E-state index contributed by atoms with van der Waals surface area (Å²) in [6, 6.07) is 17.3. The molecule has 4 heteroatoms. The Kier molecular flexibility index (Phi) is 3.25. The zero-order valence-electron chi connectivity index (χ0n) is 13.5. The molecule has 23 heavy (non-hydrogen) atoms. The molecule has 2 heterocycles. The fraction of sp³-hybridized carbons (Fsp3) is 0.263. The summed E-state index contributed by atoms with van der Waals surface area (Å²) >= 11 is 2.57. The maximum Gasteiger partial charge on any atom is 0.0645 e. The molecule has 0 spiro atoms. The highest BCUT2D eigenvalue weighted by Crippen LogP contribution is 2.55. The maximum absolute atomic E-state index is 4.58. The van der Waals surface area contributed by atoms with Crippen LogP contribution in [0.4, 0.5) is 5.69 Å². The Morgan fingerprint density at radius 2 is 1.70 bits per heavy atom. The van der Waals surface area contributed by atoms with E-state index in [9.17, 15) is 0 Å². The third kappa shape index (κ3) is 2.04. The molecule has 0 saturated heterocycles. The lowest BCUT2D eigenvalue weighted by Crippen LogP contribution is -2.60. The Bertz CT molecular complexity index is 780. The van der Waals surface area contributed by atoms with Crippen LogP contribution in [-0.2, 0) is 3.42 Å². The van der Waals surface area contributed by atoms with Crippen molar-refractivity contribution in [3.8, 4) is 11.1 Å². The van der Waals surface area contributed by atoms with E-state index in [0.29, 0.717) is 0 Å². The predicted molar refractivity (Wildman–Crippen MR) is 104 cm³/mol. The van der Waals surface area contributed by atoms with Crippen molar-refractivity contribution < 1.29 is 0 Å². The van der Waals surface area contributed by atoms with Gasteiger partial charge in [0.15, 0.2) is 0 Å². The molecule has 4 rings (SSSR count). The first-order valence-corrected chi connectivity index (χ1v) is 8.86. The van der Waals surface area contributed by atoms with Crippen LogP contribution in [0, 0.1) is 0 Å². The SMILES string of the molecule is CC1(I)c2ccc(-c3ccccc3)cc2N2C=C[N-]N2C1(C)C. The van der Waals surface area contributed by atoms with Crippen LogP contribution < -0.4 is 5.01 Å². The summed E-state index contributed by atoms with van der Waals surface area (Å²) in [4.78, 5) is 0. The normalized spacial score (nSPS) is 25.0. The second-order valence-electron chi connectivity index (χ2n) is 6.71. The van der Waals surface area contributed by atoms with E-state index in [1.165, 1.54) is 22.4 Å². The second kappa shape index (κ2) is 4.98. The smallest absolute Gasteiger partial charge is 0.0645 e. The molecule has 0 amide bonds. The minimum atomic E-state index is -0.113. The van der Waals surface area contributed by atoms with Crippen molar-refractivity contribution in [3.05, 3.63) is 71.9 Å². The zero-order chi connectivity index (χ0) is 16.2. The molecular weight excluding hydrogens is 397 g/mol. The number of benzene rings is 2. The molecule has 0 aliphatic carbocycles. The summed E-state index contributed by atoms with van der Waals surface area (Å²) in [6.45, 7) is 6.79. The minimum Gasteiger partial charge on any atom is -0.605 e. The van der Waals surface area contributed by atoms with Gasteiger partial charge in [0.2, 0.25) is 0 Å². The summed E-state index contributed by atoms with van der Waals surface area (Å²) in [6.07, 6.45) is 3.92. The summed E-state index contributed by atoms with van der Waals surface area (Å²) < 4.78 is -0.0403. The molecule has 2 aromatic rings. The van der Waals surface area contributed by atoms with Crippen LogP contribution in [-0.4, -0.2) is 10.7 Å². The number of fused-ring (bicyclic) bond motifs is 3. The van der Waals surface area contributed by atoms with Crippen molar-refractivity contribution >= 4 is 28.3 Å². The molecule has 2 aliphatic rings. The van der Waals surface area contributed by atoms with Crippen LogP contribution in [0.25, 0.3) is 16.6 Å². The second-order valence-corrected chi connectivity index (χ2v) is 8.87. The van der Waals surface area contributed by atoms with E-state index in [4.69, 9.17) is 0 Å². The molecule has 118 valence electrons. The topological polar surface area (TPSA) is 20.6 Å². The average Bonchev–Trinajstić information content (AvgIpc) is 3.04. The standard InChI is InChI=1S/C19H19IN3/c1-18(2)19(3,20)16-10-9-15(14-7-5-4-6-8-14)13-17(16)22-12-11-21-23(18)22/h4-13H,1-3H3/q-1. The fourth-order valence-corrected chi connectivity index (χ4v) is 3.99. The lowest BCUT2D eigenvalue weighted by Gasteiger charge is -2.60. The first-order chi connectivity index (χ1) is 10.9. The maximum atomic E-state index is 4.58. The van der Waals surface area contributed by atoms with Crippen molar-refractivity contribution in [2.75, 3.05) is 5.01 Å². The highest BCUT2D eigenvalue weighted by molar-refractivity contribution is 14.1. The Morgan fingerprint density at radius 1 is 0.957 bits per heavy atom. The Morgan fingerprint density at radius 3 is 2.43 bits per heavy atom. The van der Waals surface area contributed by atoms with E-state index in [0.717, 1.165) is 0 Å². The molecule has 2 aliphatic heterocycles. The lowest BCUT2D eigenvalue weighted by atomic mass is 9.80. The number of hydrogen-bond acceptors (Lipinski definition) is 2. The quantitative estimate of drug-likeness (QED) is 0.446. The first kappa shape index (κ1) is 15.0. The van der Waals surface area contributed by atoms with Crippen molar-refractivity contribution in [2.45, 2.75) is 29.7 Å². The first-order valence-electron chi connectivity index (χ1n) is 7.78. The van der Waals surface area contributed by atoms with E-state index >= 15 is 0 Å². The van der Waals surface area contributed by atoms with E-state index in [1.807, 2.05) is 12.4 Å². The van der Waals surface area contributed by atoms with E-state index in [2.05, 4.69) is 107 Å². The molecule has 0 aromatic heterocycles. The number of hydrogen-bond donors (Lipinski definition) is 0. The lowest BCUT2D eigenvalue weighted by molar-refractivity contribution is 0.129. The van der Waals surface area contributed by atoms with Crippen LogP contribution in [0.2, 0.25) is 0 Å². The van der Waals surface area contributed by atoms with Crippen molar-refractivity contribution in [1.29, 1.82) is 0 Å². The van der Waals surface area contributed by atoms with Gasteiger partial charge in [0.25, 0.3) is 0 Å². The summed E-state index contributed by atoms with van der Waals surface area (Å²) in [5.41, 5.74) is 9.50. The monoisotopic (exact) mass is 416 g/mol. The van der Waals surface area contributed by atoms with Crippen molar-refractivity contribution in [2.24, 2.45) is 0 Å². The molecule has 3 nitrogen and oxygen atoms in total. The van der Waals surface area contributed by atoms with E-state index in [1.54, 1.807) is 0 Å². The molecule has 1 unspecified atom stereocenters. The van der Waals surface area contributed by atoms with Gasteiger partial charge in [-0.2, -0.15) is 0 Å². The van der Waals surface area contributed by atoms with Crippen LogP contribution in [0.15, 0.2) is 60.9 Å². The van der Waals surface area contributed by atoms with Crippen molar-refractivity contribution in [1.82, 2.24) is 5.12 Å². The summed E-state index contributed by atoms with van der Waals surface area (Å²) in [5, 5.41) is 4.26. The number of alkyl halides is 1. The highest BCUT2D eigenvalue weighted by atomic mass is 127. The third-order valence-corrected chi connectivity index (χ3v) is 7.00. The zero-order valence-corrected chi connectivity index (χ0v) is 15.7. The van der Waals surface area contributed by atoms with Gasteiger partial charge in [-0.25, -0.2) is 0 Å². The summed E-state index contributed by atoms with van der Waals surface area (Å²) in [5.74, 6) is 0. The van der Waals surface area contributed by atoms with E-state index < -0.39 is 0 Å². The minimum absolute atomic E-state index is 0.0403. The molecule has 0 radical (unpaired) electrons. The predicted octanol–water partition coefficient (Wildman–Crippen LogP) is 5.59. The molecule has 0 fully saturated rings. The Balaban J connectivity index is 1.91. The van der Waals surface area contributed by atoms with Crippen LogP contribution in [0.1, 0.15) is 26.3 Å². The van der Waals surface area contributed by atoms with Crippen LogP contribution >= 0.6 is 22.6 Å². The molecule has 2 aromatic carbocycles. The van der Waals surface area contributed by atoms with Gasteiger partial charge in [0.1, 0.15) is 0 Å². The Hall–Kier alpha value is -1.53. The van der Waals surface area contributed by atoms with Crippen LogP contribution in [0.5, 0.6) is 0 Å². The van der Waals surface area contributed by atoms with Gasteiger partial charge in [-0.15, -0.1) is 6.20 Å². The van der Waals surface area contributed by atoms with Gasteiger partial charge in [0, 0.05) is 5.54 Å².